The Morgan fingerprint density at radius 2 is 2.11 bits per heavy atom. The second kappa shape index (κ2) is 4.53. The SMILES string of the molecule is O=Cc1cccn2c(Cc3cccc(O)c3)nnc12. The van der Waals surface area contributed by atoms with E-state index in [1.807, 2.05) is 12.3 Å². The molecule has 5 heteroatoms. The number of carbonyl (C=O) groups excluding carboxylic acids is 1. The third-order valence-corrected chi connectivity index (χ3v) is 2.94. The first-order valence-corrected chi connectivity index (χ1v) is 5.83. The van der Waals surface area contributed by atoms with E-state index in [1.54, 1.807) is 34.7 Å². The molecule has 2 aromatic heterocycles. The third kappa shape index (κ3) is 2.06. The molecule has 0 fully saturated rings. The molecule has 0 unspecified atom stereocenters. The predicted molar refractivity (Wildman–Crippen MR) is 69.3 cm³/mol. The molecule has 19 heavy (non-hydrogen) atoms. The number of nitrogens with zero attached hydrogens (tertiary/aromatic N) is 3. The molecular weight excluding hydrogens is 242 g/mol. The molecule has 3 rings (SSSR count). The molecule has 1 aromatic carbocycles. The molecule has 5 nitrogen and oxygen atoms in total. The minimum atomic E-state index is 0.222. The highest BCUT2D eigenvalue weighted by Crippen LogP contribution is 2.15. The van der Waals surface area contributed by atoms with Gasteiger partial charge in [0.1, 0.15) is 11.6 Å². The Kier molecular flexibility index (Phi) is 2.72. The molecule has 0 saturated heterocycles. The van der Waals surface area contributed by atoms with Crippen molar-refractivity contribution in [2.24, 2.45) is 0 Å². The van der Waals surface area contributed by atoms with Gasteiger partial charge < -0.3 is 5.11 Å². The normalized spacial score (nSPS) is 10.7. The predicted octanol–water partition coefficient (Wildman–Crippen LogP) is 1.84. The Bertz CT molecular complexity index is 749. The number of rotatable bonds is 3. The fourth-order valence-corrected chi connectivity index (χ4v) is 2.05. The Labute approximate surface area is 109 Å². The molecule has 1 N–H and O–H groups in total. The molecule has 0 amide bonds. The molecule has 3 aromatic rings. The lowest BCUT2D eigenvalue weighted by Crippen LogP contribution is -1.97. The minimum absolute atomic E-state index is 0.222. The lowest BCUT2D eigenvalue weighted by molar-refractivity contribution is 0.112. The van der Waals surface area contributed by atoms with E-state index in [9.17, 15) is 9.90 Å². The van der Waals surface area contributed by atoms with Crippen molar-refractivity contribution < 1.29 is 9.90 Å². The Morgan fingerprint density at radius 3 is 2.89 bits per heavy atom. The van der Waals surface area contributed by atoms with Crippen molar-refractivity contribution in [3.05, 3.63) is 59.5 Å². The van der Waals surface area contributed by atoms with Crippen LogP contribution < -0.4 is 0 Å². The van der Waals surface area contributed by atoms with E-state index in [-0.39, 0.29) is 5.75 Å². The summed E-state index contributed by atoms with van der Waals surface area (Å²) in [6, 6.07) is 10.5. The molecule has 0 bridgehead atoms. The molecule has 0 aliphatic carbocycles. The number of fused-ring (bicyclic) bond motifs is 1. The smallest absolute Gasteiger partial charge is 0.171 e. The summed E-state index contributed by atoms with van der Waals surface area (Å²) in [6.07, 6.45) is 3.13. The van der Waals surface area contributed by atoms with E-state index in [2.05, 4.69) is 10.2 Å². The van der Waals surface area contributed by atoms with E-state index in [0.29, 0.717) is 17.6 Å². The number of aldehydes is 1. The van der Waals surface area contributed by atoms with Gasteiger partial charge in [0, 0.05) is 12.6 Å². The van der Waals surface area contributed by atoms with Gasteiger partial charge in [-0.3, -0.25) is 9.20 Å². The Morgan fingerprint density at radius 1 is 1.21 bits per heavy atom. The van der Waals surface area contributed by atoms with Crippen LogP contribution in [0.2, 0.25) is 0 Å². The van der Waals surface area contributed by atoms with Gasteiger partial charge in [-0.05, 0) is 29.8 Å². The minimum Gasteiger partial charge on any atom is -0.508 e. The highest BCUT2D eigenvalue weighted by Gasteiger charge is 2.09. The van der Waals surface area contributed by atoms with Crippen LogP contribution >= 0.6 is 0 Å². The van der Waals surface area contributed by atoms with E-state index < -0.39 is 0 Å². The molecule has 94 valence electrons. The summed E-state index contributed by atoms with van der Waals surface area (Å²) in [5.41, 5.74) is 2.00. The highest BCUT2D eigenvalue weighted by atomic mass is 16.3. The summed E-state index contributed by atoms with van der Waals surface area (Å²) in [5.74, 6) is 0.948. The third-order valence-electron chi connectivity index (χ3n) is 2.94. The average Bonchev–Trinajstić information content (AvgIpc) is 2.82. The Balaban J connectivity index is 2.04. The van der Waals surface area contributed by atoms with Crippen LogP contribution in [-0.2, 0) is 6.42 Å². The number of phenolic OH excluding ortho intramolecular Hbond substituents is 1. The second-order valence-corrected chi connectivity index (χ2v) is 4.24. The fraction of sp³-hybridized carbons (Fsp3) is 0.0714. The van der Waals surface area contributed by atoms with Gasteiger partial charge in [-0.15, -0.1) is 10.2 Å². The zero-order valence-corrected chi connectivity index (χ0v) is 10.0. The zero-order valence-electron chi connectivity index (χ0n) is 10.0. The van der Waals surface area contributed by atoms with Gasteiger partial charge in [-0.1, -0.05) is 12.1 Å². The van der Waals surface area contributed by atoms with Gasteiger partial charge in [0.15, 0.2) is 11.9 Å². The van der Waals surface area contributed by atoms with Gasteiger partial charge in [0.05, 0.1) is 5.56 Å². The molecule has 0 aliphatic rings. The monoisotopic (exact) mass is 253 g/mol. The second-order valence-electron chi connectivity index (χ2n) is 4.24. The van der Waals surface area contributed by atoms with Gasteiger partial charge >= 0.3 is 0 Å². The summed E-state index contributed by atoms with van der Waals surface area (Å²) in [5, 5.41) is 17.6. The van der Waals surface area contributed by atoms with Crippen LogP contribution in [0.15, 0.2) is 42.6 Å². The average molecular weight is 253 g/mol. The quantitative estimate of drug-likeness (QED) is 0.723. The van der Waals surface area contributed by atoms with Crippen molar-refractivity contribution in [3.8, 4) is 5.75 Å². The first-order chi connectivity index (χ1) is 9.28. The zero-order chi connectivity index (χ0) is 13.2. The van der Waals surface area contributed by atoms with Gasteiger partial charge in [0.25, 0.3) is 0 Å². The van der Waals surface area contributed by atoms with Crippen molar-refractivity contribution in [2.45, 2.75) is 6.42 Å². The maximum absolute atomic E-state index is 10.9. The summed E-state index contributed by atoms with van der Waals surface area (Å²) in [4.78, 5) is 10.9. The number of phenols is 1. The number of carbonyl (C=O) groups is 1. The number of hydrogen-bond donors (Lipinski definition) is 1. The van der Waals surface area contributed by atoms with Crippen LogP contribution in [0.25, 0.3) is 5.65 Å². The maximum atomic E-state index is 10.9. The number of pyridine rings is 1. The van der Waals surface area contributed by atoms with E-state index in [0.717, 1.165) is 17.7 Å². The molecule has 0 atom stereocenters. The molecule has 0 aliphatic heterocycles. The van der Waals surface area contributed by atoms with E-state index in [4.69, 9.17) is 0 Å². The topological polar surface area (TPSA) is 67.5 Å². The van der Waals surface area contributed by atoms with Gasteiger partial charge in [0.2, 0.25) is 0 Å². The van der Waals surface area contributed by atoms with Crippen molar-refractivity contribution >= 4 is 11.9 Å². The van der Waals surface area contributed by atoms with Crippen molar-refractivity contribution in [1.82, 2.24) is 14.6 Å². The lowest BCUT2D eigenvalue weighted by atomic mass is 10.1. The summed E-state index contributed by atoms with van der Waals surface area (Å²) < 4.78 is 1.79. The van der Waals surface area contributed by atoms with Crippen LogP contribution in [0.1, 0.15) is 21.7 Å². The van der Waals surface area contributed by atoms with Gasteiger partial charge in [-0.2, -0.15) is 0 Å². The van der Waals surface area contributed by atoms with Crippen LogP contribution in [0, 0.1) is 0 Å². The highest BCUT2D eigenvalue weighted by molar-refractivity contribution is 5.83. The van der Waals surface area contributed by atoms with Crippen LogP contribution in [0.3, 0.4) is 0 Å². The number of benzene rings is 1. The number of hydrogen-bond acceptors (Lipinski definition) is 4. The molecular formula is C14H11N3O2. The standard InChI is InChI=1S/C14H11N3O2/c18-9-11-4-2-6-17-13(15-16-14(11)17)8-10-3-1-5-12(19)7-10/h1-7,9,19H,8H2. The van der Waals surface area contributed by atoms with E-state index in [1.165, 1.54) is 0 Å². The molecule has 2 heterocycles. The van der Waals surface area contributed by atoms with Crippen LogP contribution in [-0.4, -0.2) is 26.0 Å². The summed E-state index contributed by atoms with van der Waals surface area (Å²) in [7, 11) is 0. The first-order valence-electron chi connectivity index (χ1n) is 5.83. The lowest BCUT2D eigenvalue weighted by Gasteiger charge is -2.01. The van der Waals surface area contributed by atoms with Crippen LogP contribution in [0.5, 0.6) is 5.75 Å². The van der Waals surface area contributed by atoms with Crippen molar-refractivity contribution in [1.29, 1.82) is 0 Å². The molecule has 0 saturated carbocycles. The summed E-state index contributed by atoms with van der Waals surface area (Å²) in [6.45, 7) is 0. The van der Waals surface area contributed by atoms with Crippen LogP contribution in [0.4, 0.5) is 0 Å². The van der Waals surface area contributed by atoms with Crippen molar-refractivity contribution in [2.75, 3.05) is 0 Å². The summed E-state index contributed by atoms with van der Waals surface area (Å²) >= 11 is 0. The fourth-order valence-electron chi connectivity index (χ4n) is 2.05. The van der Waals surface area contributed by atoms with Gasteiger partial charge in [-0.25, -0.2) is 0 Å². The van der Waals surface area contributed by atoms with Crippen molar-refractivity contribution in [3.63, 3.8) is 0 Å². The Hall–Kier alpha value is -2.69. The largest absolute Gasteiger partial charge is 0.508 e. The maximum Gasteiger partial charge on any atom is 0.171 e. The van der Waals surface area contributed by atoms with E-state index >= 15 is 0 Å². The number of aromatic nitrogens is 3. The number of aromatic hydroxyl groups is 1. The molecule has 0 spiro atoms. The molecule has 0 radical (unpaired) electrons. The first kappa shape index (κ1) is 11.4.